The van der Waals surface area contributed by atoms with E-state index in [2.05, 4.69) is 266 Å². The van der Waals surface area contributed by atoms with Gasteiger partial charge in [-0.05, 0) is 157 Å². The Morgan fingerprint density at radius 1 is 0.500 bits per heavy atom. The van der Waals surface area contributed by atoms with Gasteiger partial charge in [0.2, 0.25) is 0 Å². The summed E-state index contributed by atoms with van der Waals surface area (Å²) >= 11 is 0. The molecule has 2 aromatic heterocycles. The standard InChI is InChI=1S/C72H77F2N4O.Pt/c1-42(2)56-30-46(31-57(43(3)4)67(56)73)60-36-50(72(15,16)17)37-61(47-32-58(44(5)6)68(74)59(33-47)45(7)8)69(60)77-41-76(63-24-20-21-25-64(63)77)51-34-49(71(12,13)14)35-53(39-51)79-52-26-27-55-54-22-18-19-23-62(54)78(65(55)40-52)66-38-48(28-29-75-66)70(9,10)11;/h18-38,41-45H,1-17H3;/q-3;. The van der Waals surface area contributed by atoms with Crippen molar-refractivity contribution in [2.24, 2.45) is 0 Å². The van der Waals surface area contributed by atoms with Crippen LogP contribution in [0.25, 0.3) is 49.9 Å². The first-order valence-corrected chi connectivity index (χ1v) is 28.3. The minimum absolute atomic E-state index is 0. The molecule has 3 heterocycles. The first-order chi connectivity index (χ1) is 37.2. The van der Waals surface area contributed by atoms with Crippen molar-refractivity contribution >= 4 is 44.6 Å². The smallest absolute Gasteiger partial charge is 0.135 e. The second-order valence-corrected chi connectivity index (χ2v) is 26.1. The SMILES string of the molecule is CC(C)c1cc(-c2cc(C(C)(C)C)cc(-c3cc(C(C)C)c(F)c(C(C)C)c3)c2N2[CH-]N(c3[c-]c(Oc4[c-]c5c(cc4)c4ccccc4n5-c4cc(C(C)(C)C)ccn4)cc(C(C)(C)C)c3)c3ccccc32)cc(C(C)C)c1F.[Pt]. The Morgan fingerprint density at radius 2 is 0.988 bits per heavy atom. The molecule has 80 heavy (non-hydrogen) atoms. The van der Waals surface area contributed by atoms with Gasteiger partial charge in [0.15, 0.2) is 0 Å². The average molecular weight is 1250 g/mol. The van der Waals surface area contributed by atoms with Gasteiger partial charge in [-0.25, -0.2) is 13.8 Å². The molecule has 8 heteroatoms. The Bertz CT molecular complexity index is 3660. The number of nitrogens with zero attached hydrogens (tertiary/aromatic N) is 4. The maximum atomic E-state index is 16.7. The second kappa shape index (κ2) is 21.7. The van der Waals surface area contributed by atoms with Crippen molar-refractivity contribution < 1.29 is 34.6 Å². The van der Waals surface area contributed by atoms with E-state index in [4.69, 9.17) is 9.72 Å². The van der Waals surface area contributed by atoms with Crippen LogP contribution in [-0.2, 0) is 37.3 Å². The van der Waals surface area contributed by atoms with Crippen molar-refractivity contribution in [1.82, 2.24) is 9.55 Å². The number of halogens is 2. The molecule has 5 nitrogen and oxygen atoms in total. The van der Waals surface area contributed by atoms with Gasteiger partial charge in [-0.15, -0.1) is 53.6 Å². The molecular weight excluding hydrogens is 1170 g/mol. The minimum atomic E-state index is -0.282. The number of rotatable bonds is 11. The Kier molecular flexibility index (Phi) is 15.8. The van der Waals surface area contributed by atoms with Crippen molar-refractivity contribution in [2.75, 3.05) is 9.80 Å². The van der Waals surface area contributed by atoms with Gasteiger partial charge in [-0.3, -0.25) is 0 Å². The van der Waals surface area contributed by atoms with E-state index in [1.807, 2.05) is 12.3 Å². The molecule has 0 bridgehead atoms. The van der Waals surface area contributed by atoms with E-state index in [0.717, 1.165) is 83.8 Å². The average Bonchev–Trinajstić information content (AvgIpc) is 4.12. The van der Waals surface area contributed by atoms with Gasteiger partial charge in [0, 0.05) is 72.5 Å². The predicted molar refractivity (Wildman–Crippen MR) is 327 cm³/mol. The van der Waals surface area contributed by atoms with Crippen LogP contribution in [0.4, 0.5) is 31.5 Å². The summed E-state index contributed by atoms with van der Waals surface area (Å²) in [5, 5.41) is 2.17. The number of pyridine rings is 1. The van der Waals surface area contributed by atoms with Crippen LogP contribution in [0.2, 0.25) is 0 Å². The van der Waals surface area contributed by atoms with Crippen LogP contribution in [0, 0.1) is 30.4 Å². The molecule has 0 fully saturated rings. The van der Waals surface area contributed by atoms with Crippen molar-refractivity contribution in [3.63, 3.8) is 0 Å². The van der Waals surface area contributed by atoms with Crippen LogP contribution >= 0.6 is 0 Å². The molecule has 0 amide bonds. The van der Waals surface area contributed by atoms with E-state index in [0.29, 0.717) is 33.8 Å². The molecule has 0 atom stereocenters. The van der Waals surface area contributed by atoms with Crippen molar-refractivity contribution in [1.29, 1.82) is 0 Å². The van der Waals surface area contributed by atoms with Gasteiger partial charge in [0.05, 0.1) is 0 Å². The van der Waals surface area contributed by atoms with E-state index in [1.165, 1.54) is 5.56 Å². The number of ether oxygens (including phenoxy) is 1. The Morgan fingerprint density at radius 3 is 1.50 bits per heavy atom. The van der Waals surface area contributed by atoms with Crippen LogP contribution in [0.3, 0.4) is 0 Å². The quantitative estimate of drug-likeness (QED) is 0.121. The molecule has 9 aromatic rings. The molecule has 0 aliphatic carbocycles. The molecule has 7 aromatic carbocycles. The van der Waals surface area contributed by atoms with Crippen LogP contribution in [0.5, 0.6) is 11.5 Å². The Hall–Kier alpha value is -6.56. The van der Waals surface area contributed by atoms with Gasteiger partial charge >= 0.3 is 0 Å². The zero-order valence-electron chi connectivity index (χ0n) is 49.8. The summed E-state index contributed by atoms with van der Waals surface area (Å²) in [5.74, 6) is 1.39. The van der Waals surface area contributed by atoms with Gasteiger partial charge in [-0.1, -0.05) is 154 Å². The van der Waals surface area contributed by atoms with Crippen molar-refractivity contribution in [3.8, 4) is 39.6 Å². The minimum Gasteiger partial charge on any atom is -0.509 e. The van der Waals surface area contributed by atoms with Crippen LogP contribution in [0.15, 0.2) is 128 Å². The molecule has 10 rings (SSSR count). The number of hydrogen-bond donors (Lipinski definition) is 0. The van der Waals surface area contributed by atoms with Crippen molar-refractivity contribution in [3.05, 3.63) is 197 Å². The molecule has 0 radical (unpaired) electrons. The van der Waals surface area contributed by atoms with E-state index < -0.39 is 0 Å². The zero-order chi connectivity index (χ0) is 56.8. The maximum absolute atomic E-state index is 16.7. The first-order valence-electron chi connectivity index (χ1n) is 28.3. The largest absolute Gasteiger partial charge is 0.509 e. The van der Waals surface area contributed by atoms with E-state index in [1.54, 1.807) is 0 Å². The third kappa shape index (κ3) is 10.9. The summed E-state index contributed by atoms with van der Waals surface area (Å²) in [4.78, 5) is 9.40. The molecule has 0 unspecified atom stereocenters. The maximum Gasteiger partial charge on any atom is 0.135 e. The van der Waals surface area contributed by atoms with Gasteiger partial charge in [0.1, 0.15) is 17.5 Å². The molecule has 0 N–H and O–H groups in total. The number of benzene rings is 7. The summed E-state index contributed by atoms with van der Waals surface area (Å²) in [7, 11) is 0. The van der Waals surface area contributed by atoms with Crippen LogP contribution in [-0.4, -0.2) is 9.55 Å². The number of anilines is 4. The molecule has 418 valence electrons. The van der Waals surface area contributed by atoms with Gasteiger partial charge in [-0.2, -0.15) is 6.07 Å². The van der Waals surface area contributed by atoms with E-state index in [9.17, 15) is 0 Å². The third-order valence-corrected chi connectivity index (χ3v) is 15.8. The molecule has 1 aliphatic rings. The summed E-state index contributed by atoms with van der Waals surface area (Å²) in [6.07, 6.45) is 1.89. The fourth-order valence-corrected chi connectivity index (χ4v) is 11.0. The number of aromatic nitrogens is 2. The Balaban J connectivity index is 0.00000774. The van der Waals surface area contributed by atoms with Gasteiger partial charge < -0.3 is 19.1 Å². The summed E-state index contributed by atoms with van der Waals surface area (Å²) in [6.45, 7) is 38.7. The fourth-order valence-electron chi connectivity index (χ4n) is 11.0. The second-order valence-electron chi connectivity index (χ2n) is 26.1. The number of para-hydroxylation sites is 3. The van der Waals surface area contributed by atoms with Gasteiger partial charge in [0.25, 0.3) is 0 Å². The Labute approximate surface area is 489 Å². The van der Waals surface area contributed by atoms with Crippen molar-refractivity contribution in [2.45, 2.75) is 158 Å². The fraction of sp³-hybridized carbons (Fsp3) is 0.333. The number of hydrogen-bond acceptors (Lipinski definition) is 4. The molecule has 0 spiro atoms. The first kappa shape index (κ1) is 58.1. The summed E-state index contributed by atoms with van der Waals surface area (Å²) in [5.41, 5.74) is 14.8. The summed E-state index contributed by atoms with van der Waals surface area (Å²) in [6, 6.07) is 49.8. The topological polar surface area (TPSA) is 33.5 Å². The van der Waals surface area contributed by atoms with E-state index in [-0.39, 0.29) is 72.6 Å². The van der Waals surface area contributed by atoms with E-state index >= 15 is 8.78 Å². The third-order valence-electron chi connectivity index (χ3n) is 15.8. The monoisotopic (exact) mass is 1250 g/mol. The van der Waals surface area contributed by atoms with Crippen LogP contribution in [0.1, 0.15) is 180 Å². The molecule has 0 saturated heterocycles. The molecule has 1 aliphatic heterocycles. The predicted octanol–water partition coefficient (Wildman–Crippen LogP) is 21.0. The summed E-state index contributed by atoms with van der Waals surface area (Å²) < 4.78 is 42.5. The number of fused-ring (bicyclic) bond motifs is 4. The normalized spacial score (nSPS) is 13.2. The van der Waals surface area contributed by atoms with Crippen LogP contribution < -0.4 is 14.5 Å². The molecule has 0 saturated carbocycles. The zero-order valence-corrected chi connectivity index (χ0v) is 52.1. The molecular formula is C72H77F2N4OPt-3.